The minimum Gasteiger partial charge on any atom is -0.444 e. The number of benzene rings is 1. The van der Waals surface area contributed by atoms with Gasteiger partial charge in [-0.2, -0.15) is 11.8 Å². The van der Waals surface area contributed by atoms with Crippen LogP contribution in [-0.2, 0) is 20.7 Å². The summed E-state index contributed by atoms with van der Waals surface area (Å²) in [6.45, 7) is 7.42. The number of hydrogen-bond donors (Lipinski definition) is 2. The monoisotopic (exact) mass is 505 g/mol. The van der Waals surface area contributed by atoms with Gasteiger partial charge in [0, 0.05) is 13.1 Å². The summed E-state index contributed by atoms with van der Waals surface area (Å²) in [7, 11) is 1.64. The molecule has 196 valence electrons. The molecule has 1 fully saturated rings. The van der Waals surface area contributed by atoms with Gasteiger partial charge in [-0.1, -0.05) is 50.5 Å². The van der Waals surface area contributed by atoms with Crippen LogP contribution in [0, 0.1) is 0 Å². The van der Waals surface area contributed by atoms with E-state index in [1.54, 1.807) is 39.6 Å². The molecule has 1 aromatic rings. The minimum absolute atomic E-state index is 0.129. The first kappa shape index (κ1) is 29.0. The fraction of sp³-hybridized carbons (Fsp3) is 0.667. The van der Waals surface area contributed by atoms with Gasteiger partial charge in [-0.25, -0.2) is 4.79 Å². The molecule has 1 aliphatic carbocycles. The van der Waals surface area contributed by atoms with Crippen LogP contribution >= 0.6 is 11.8 Å². The van der Waals surface area contributed by atoms with Gasteiger partial charge in [0.05, 0.1) is 0 Å². The zero-order valence-corrected chi connectivity index (χ0v) is 23.0. The summed E-state index contributed by atoms with van der Waals surface area (Å²) in [5, 5.41) is 5.92. The van der Waals surface area contributed by atoms with E-state index >= 15 is 0 Å². The van der Waals surface area contributed by atoms with Crippen LogP contribution in [0.2, 0.25) is 0 Å². The van der Waals surface area contributed by atoms with E-state index in [9.17, 15) is 14.4 Å². The van der Waals surface area contributed by atoms with Crippen molar-refractivity contribution in [1.82, 2.24) is 15.5 Å². The van der Waals surface area contributed by atoms with Crippen LogP contribution in [0.25, 0.3) is 0 Å². The Hall–Kier alpha value is -2.22. The second-order valence-corrected chi connectivity index (χ2v) is 11.3. The second-order valence-electron chi connectivity index (χ2n) is 10.3. The third-order valence-electron chi connectivity index (χ3n) is 6.24. The molecule has 0 spiro atoms. The van der Waals surface area contributed by atoms with Crippen LogP contribution in [-0.4, -0.2) is 59.5 Å². The van der Waals surface area contributed by atoms with Crippen LogP contribution in [0.5, 0.6) is 0 Å². The van der Waals surface area contributed by atoms with Crippen LogP contribution in [0.15, 0.2) is 24.3 Å². The Balaban J connectivity index is 2.28. The molecular weight excluding hydrogens is 462 g/mol. The molecule has 0 aliphatic heterocycles. The van der Waals surface area contributed by atoms with Crippen molar-refractivity contribution in [2.75, 3.05) is 19.1 Å². The number of carbonyl (C=O) groups excluding carboxylic acids is 3. The van der Waals surface area contributed by atoms with Crippen molar-refractivity contribution < 1.29 is 19.1 Å². The van der Waals surface area contributed by atoms with E-state index in [1.807, 2.05) is 30.5 Å². The summed E-state index contributed by atoms with van der Waals surface area (Å²) < 4.78 is 5.39. The third kappa shape index (κ3) is 9.39. The second kappa shape index (κ2) is 13.8. The van der Waals surface area contributed by atoms with Gasteiger partial charge < -0.3 is 20.3 Å². The lowest BCUT2D eigenvalue weighted by atomic mass is 9.94. The van der Waals surface area contributed by atoms with Crippen molar-refractivity contribution in [2.45, 2.75) is 96.4 Å². The SMILES string of the molecule is CCc1ccc(C(C(=O)NC2CCCCC2)N(C)C(=O)C(CCSC)NC(=O)OC(C)(C)C)cc1. The molecule has 0 radical (unpaired) electrons. The summed E-state index contributed by atoms with van der Waals surface area (Å²) in [5.41, 5.74) is 1.25. The van der Waals surface area contributed by atoms with Gasteiger partial charge in [0.15, 0.2) is 0 Å². The average molecular weight is 506 g/mol. The van der Waals surface area contributed by atoms with Crippen molar-refractivity contribution >= 4 is 29.7 Å². The fourth-order valence-electron chi connectivity index (χ4n) is 4.33. The predicted octanol–water partition coefficient (Wildman–Crippen LogP) is 4.84. The smallest absolute Gasteiger partial charge is 0.408 e. The summed E-state index contributed by atoms with van der Waals surface area (Å²) in [6.07, 6.45) is 7.97. The molecule has 0 saturated heterocycles. The van der Waals surface area contributed by atoms with Crippen LogP contribution < -0.4 is 10.6 Å². The molecule has 0 aromatic heterocycles. The lowest BCUT2D eigenvalue weighted by molar-refractivity contribution is -0.141. The van der Waals surface area contributed by atoms with Crippen molar-refractivity contribution in [2.24, 2.45) is 0 Å². The van der Waals surface area contributed by atoms with Crippen LogP contribution in [0.1, 0.15) is 83.4 Å². The maximum atomic E-state index is 13.7. The van der Waals surface area contributed by atoms with Crippen molar-refractivity contribution in [3.8, 4) is 0 Å². The number of ether oxygens (including phenoxy) is 1. The molecule has 2 unspecified atom stereocenters. The molecule has 1 aromatic carbocycles. The van der Waals surface area contributed by atoms with Gasteiger partial charge >= 0.3 is 6.09 Å². The molecule has 2 rings (SSSR count). The number of alkyl carbamates (subject to hydrolysis) is 1. The maximum Gasteiger partial charge on any atom is 0.408 e. The summed E-state index contributed by atoms with van der Waals surface area (Å²) in [4.78, 5) is 41.1. The van der Waals surface area contributed by atoms with E-state index in [1.165, 1.54) is 16.9 Å². The molecule has 1 aliphatic rings. The molecule has 7 nitrogen and oxygen atoms in total. The quantitative estimate of drug-likeness (QED) is 0.475. The number of amides is 3. The number of carbonyl (C=O) groups is 3. The number of nitrogens with one attached hydrogen (secondary N) is 2. The fourth-order valence-corrected chi connectivity index (χ4v) is 4.80. The number of rotatable bonds is 10. The van der Waals surface area contributed by atoms with E-state index in [2.05, 4.69) is 17.6 Å². The Morgan fingerprint density at radius 2 is 1.74 bits per heavy atom. The van der Waals surface area contributed by atoms with E-state index in [4.69, 9.17) is 4.74 Å². The number of aryl methyl sites for hydroxylation is 1. The van der Waals surface area contributed by atoms with Gasteiger partial charge in [-0.05, 0) is 69.6 Å². The normalized spacial score (nSPS) is 16.2. The molecule has 1 saturated carbocycles. The number of hydrogen-bond acceptors (Lipinski definition) is 5. The lowest BCUT2D eigenvalue weighted by Crippen LogP contribution is -2.52. The van der Waals surface area contributed by atoms with Gasteiger partial charge in [0.2, 0.25) is 11.8 Å². The number of likely N-dealkylation sites (N-methyl/N-ethyl adjacent to an activating group) is 1. The molecule has 2 N–H and O–H groups in total. The van der Waals surface area contributed by atoms with Gasteiger partial charge in [-0.3, -0.25) is 9.59 Å². The molecule has 8 heteroatoms. The first-order valence-corrected chi connectivity index (χ1v) is 14.1. The Kier molecular flexibility index (Phi) is 11.4. The largest absolute Gasteiger partial charge is 0.444 e. The molecule has 0 heterocycles. The zero-order chi connectivity index (χ0) is 26.0. The predicted molar refractivity (Wildman–Crippen MR) is 143 cm³/mol. The van der Waals surface area contributed by atoms with Crippen molar-refractivity contribution in [3.63, 3.8) is 0 Å². The van der Waals surface area contributed by atoms with E-state index in [0.717, 1.165) is 37.7 Å². The molecular formula is C27H43N3O4S. The summed E-state index contributed by atoms with van der Waals surface area (Å²) >= 11 is 1.60. The zero-order valence-electron chi connectivity index (χ0n) is 22.2. The van der Waals surface area contributed by atoms with E-state index in [-0.39, 0.29) is 17.9 Å². The van der Waals surface area contributed by atoms with Gasteiger partial charge in [0.25, 0.3) is 0 Å². The number of thioether (sulfide) groups is 1. The van der Waals surface area contributed by atoms with Gasteiger partial charge in [0.1, 0.15) is 17.7 Å². The molecule has 2 atom stereocenters. The Labute approximate surface area is 215 Å². The highest BCUT2D eigenvalue weighted by Crippen LogP contribution is 2.25. The first-order valence-electron chi connectivity index (χ1n) is 12.7. The van der Waals surface area contributed by atoms with Crippen molar-refractivity contribution in [1.29, 1.82) is 0 Å². The van der Waals surface area contributed by atoms with E-state index in [0.29, 0.717) is 12.2 Å². The molecule has 35 heavy (non-hydrogen) atoms. The Morgan fingerprint density at radius 3 is 2.29 bits per heavy atom. The van der Waals surface area contributed by atoms with Crippen LogP contribution in [0.3, 0.4) is 0 Å². The average Bonchev–Trinajstić information content (AvgIpc) is 2.81. The first-order chi connectivity index (χ1) is 16.6. The number of nitrogens with zero attached hydrogens (tertiary/aromatic N) is 1. The highest BCUT2D eigenvalue weighted by molar-refractivity contribution is 7.98. The van der Waals surface area contributed by atoms with Crippen molar-refractivity contribution in [3.05, 3.63) is 35.4 Å². The Bertz CT molecular complexity index is 832. The topological polar surface area (TPSA) is 87.7 Å². The molecule has 3 amide bonds. The summed E-state index contributed by atoms with van der Waals surface area (Å²) in [6, 6.07) is 6.40. The van der Waals surface area contributed by atoms with Crippen LogP contribution in [0.4, 0.5) is 4.79 Å². The van der Waals surface area contributed by atoms with Gasteiger partial charge in [-0.15, -0.1) is 0 Å². The lowest BCUT2D eigenvalue weighted by Gasteiger charge is -2.33. The highest BCUT2D eigenvalue weighted by atomic mass is 32.2. The third-order valence-corrected chi connectivity index (χ3v) is 6.88. The highest BCUT2D eigenvalue weighted by Gasteiger charge is 2.34. The minimum atomic E-state index is -0.790. The molecule has 0 bridgehead atoms. The van der Waals surface area contributed by atoms with E-state index < -0.39 is 23.8 Å². The standard InChI is InChI=1S/C27H43N3O4S/c1-7-19-13-15-20(16-14-19)23(24(31)28-21-11-9-8-10-12-21)30(5)25(32)22(17-18-35-6)29-26(33)34-27(2,3)4/h13-16,21-23H,7-12,17-18H2,1-6H3,(H,28,31)(H,29,33). The Morgan fingerprint density at radius 1 is 1.11 bits per heavy atom. The summed E-state index contributed by atoms with van der Waals surface area (Å²) in [5.74, 6) is 0.190. The maximum absolute atomic E-state index is 13.7.